The molecule has 18 heavy (non-hydrogen) atoms. The van der Waals surface area contributed by atoms with Gasteiger partial charge in [-0.1, -0.05) is 37.3 Å². The third-order valence-electron chi connectivity index (χ3n) is 3.63. The van der Waals surface area contributed by atoms with Crippen LogP contribution < -0.4 is 5.32 Å². The van der Waals surface area contributed by atoms with Crippen molar-refractivity contribution in [1.29, 1.82) is 0 Å². The molecule has 1 saturated heterocycles. The highest BCUT2D eigenvalue weighted by Gasteiger charge is 2.30. The Morgan fingerprint density at radius 1 is 1.44 bits per heavy atom. The minimum Gasteiger partial charge on any atom is -0.465 e. The van der Waals surface area contributed by atoms with Crippen molar-refractivity contribution in [2.75, 3.05) is 13.1 Å². The largest absolute Gasteiger partial charge is 0.465 e. The standard InChI is InChI=1S/C14H20N2O2/c1-11-7-8-15-9-13(11)16(14(17)18)10-12-5-3-2-4-6-12/h2-6,11,13,15H,7-10H2,1H3,(H,17,18). The second-order valence-electron chi connectivity index (χ2n) is 4.93. The zero-order valence-electron chi connectivity index (χ0n) is 10.7. The van der Waals surface area contributed by atoms with Crippen LogP contribution in [-0.2, 0) is 6.54 Å². The van der Waals surface area contributed by atoms with Gasteiger partial charge >= 0.3 is 6.09 Å². The minimum atomic E-state index is -0.834. The molecule has 4 nitrogen and oxygen atoms in total. The number of rotatable bonds is 3. The van der Waals surface area contributed by atoms with E-state index < -0.39 is 6.09 Å². The third-order valence-corrected chi connectivity index (χ3v) is 3.63. The number of benzene rings is 1. The topological polar surface area (TPSA) is 52.6 Å². The summed E-state index contributed by atoms with van der Waals surface area (Å²) in [6.07, 6.45) is 0.197. The Balaban J connectivity index is 2.10. The summed E-state index contributed by atoms with van der Waals surface area (Å²) >= 11 is 0. The van der Waals surface area contributed by atoms with Gasteiger partial charge in [0.05, 0.1) is 6.04 Å². The summed E-state index contributed by atoms with van der Waals surface area (Å²) in [5, 5.41) is 12.7. The number of carboxylic acid groups (broad SMARTS) is 1. The first kappa shape index (κ1) is 12.9. The van der Waals surface area contributed by atoms with Crippen molar-refractivity contribution in [2.24, 2.45) is 5.92 Å². The quantitative estimate of drug-likeness (QED) is 0.862. The fourth-order valence-electron chi connectivity index (χ4n) is 2.50. The van der Waals surface area contributed by atoms with E-state index in [-0.39, 0.29) is 6.04 Å². The van der Waals surface area contributed by atoms with Crippen molar-refractivity contribution in [1.82, 2.24) is 10.2 Å². The normalized spacial score (nSPS) is 23.6. The minimum absolute atomic E-state index is 0.0662. The maximum atomic E-state index is 11.4. The molecule has 0 aliphatic carbocycles. The summed E-state index contributed by atoms with van der Waals surface area (Å²) in [7, 11) is 0. The number of hydrogen-bond acceptors (Lipinski definition) is 2. The van der Waals surface area contributed by atoms with Crippen molar-refractivity contribution < 1.29 is 9.90 Å². The van der Waals surface area contributed by atoms with E-state index in [2.05, 4.69) is 12.2 Å². The van der Waals surface area contributed by atoms with E-state index in [1.165, 1.54) is 0 Å². The molecule has 1 amide bonds. The Labute approximate surface area is 108 Å². The Kier molecular flexibility index (Phi) is 4.20. The molecule has 2 rings (SSSR count). The highest BCUT2D eigenvalue weighted by atomic mass is 16.4. The maximum absolute atomic E-state index is 11.4. The molecule has 0 aromatic heterocycles. The molecule has 1 fully saturated rings. The Bertz CT molecular complexity index is 394. The van der Waals surface area contributed by atoms with Gasteiger partial charge in [-0.15, -0.1) is 0 Å². The monoisotopic (exact) mass is 248 g/mol. The van der Waals surface area contributed by atoms with Crippen LogP contribution in [0.1, 0.15) is 18.9 Å². The van der Waals surface area contributed by atoms with Crippen LogP contribution in [0.5, 0.6) is 0 Å². The smallest absolute Gasteiger partial charge is 0.407 e. The van der Waals surface area contributed by atoms with Crippen molar-refractivity contribution in [2.45, 2.75) is 25.9 Å². The molecule has 0 spiro atoms. The van der Waals surface area contributed by atoms with E-state index in [0.717, 1.165) is 25.1 Å². The lowest BCUT2D eigenvalue weighted by molar-refractivity contribution is 0.0913. The molecule has 2 atom stereocenters. The molecule has 1 aromatic rings. The molecule has 2 N–H and O–H groups in total. The molecule has 1 aliphatic heterocycles. The number of piperidine rings is 1. The highest BCUT2D eigenvalue weighted by Crippen LogP contribution is 2.20. The average molecular weight is 248 g/mol. The van der Waals surface area contributed by atoms with E-state index in [9.17, 15) is 9.90 Å². The van der Waals surface area contributed by atoms with Gasteiger partial charge in [-0.25, -0.2) is 4.79 Å². The molecular weight excluding hydrogens is 228 g/mol. The predicted molar refractivity (Wildman–Crippen MR) is 70.4 cm³/mol. The Morgan fingerprint density at radius 3 is 2.78 bits per heavy atom. The molecule has 0 saturated carbocycles. The number of nitrogens with one attached hydrogen (secondary N) is 1. The van der Waals surface area contributed by atoms with Crippen molar-refractivity contribution >= 4 is 6.09 Å². The van der Waals surface area contributed by atoms with Crippen LogP contribution >= 0.6 is 0 Å². The van der Waals surface area contributed by atoms with Gasteiger partial charge in [-0.2, -0.15) is 0 Å². The van der Waals surface area contributed by atoms with Gasteiger partial charge in [0.25, 0.3) is 0 Å². The van der Waals surface area contributed by atoms with E-state index in [0.29, 0.717) is 12.5 Å². The number of hydrogen-bond donors (Lipinski definition) is 2. The molecule has 1 aromatic carbocycles. The van der Waals surface area contributed by atoms with E-state index in [1.807, 2.05) is 30.3 Å². The second kappa shape index (κ2) is 5.87. The van der Waals surface area contributed by atoms with Gasteiger partial charge in [-0.05, 0) is 24.4 Å². The summed E-state index contributed by atoms with van der Waals surface area (Å²) in [6.45, 7) is 4.33. The van der Waals surface area contributed by atoms with Gasteiger partial charge in [0.1, 0.15) is 0 Å². The van der Waals surface area contributed by atoms with Gasteiger partial charge in [0, 0.05) is 13.1 Å². The lowest BCUT2D eigenvalue weighted by Gasteiger charge is -2.37. The first-order chi connectivity index (χ1) is 8.68. The molecule has 2 unspecified atom stereocenters. The average Bonchev–Trinajstić information content (AvgIpc) is 2.38. The predicted octanol–water partition coefficient (Wildman–Crippen LogP) is 2.16. The SMILES string of the molecule is CC1CCNCC1N(Cc1ccccc1)C(=O)O. The summed E-state index contributed by atoms with van der Waals surface area (Å²) in [4.78, 5) is 13.0. The first-order valence-corrected chi connectivity index (χ1v) is 6.42. The van der Waals surface area contributed by atoms with Crippen molar-refractivity contribution in [3.63, 3.8) is 0 Å². The van der Waals surface area contributed by atoms with Crippen LogP contribution in [0.2, 0.25) is 0 Å². The number of amides is 1. The summed E-state index contributed by atoms with van der Waals surface area (Å²) in [5.74, 6) is 0.408. The molecule has 0 bridgehead atoms. The van der Waals surface area contributed by atoms with Crippen LogP contribution in [0.4, 0.5) is 4.79 Å². The number of nitrogens with zero attached hydrogens (tertiary/aromatic N) is 1. The van der Waals surface area contributed by atoms with Gasteiger partial charge < -0.3 is 10.4 Å². The zero-order chi connectivity index (χ0) is 13.0. The third kappa shape index (κ3) is 3.01. The van der Waals surface area contributed by atoms with E-state index in [1.54, 1.807) is 4.90 Å². The van der Waals surface area contributed by atoms with Gasteiger partial charge in [-0.3, -0.25) is 4.90 Å². The van der Waals surface area contributed by atoms with Gasteiger partial charge in [0.2, 0.25) is 0 Å². The van der Waals surface area contributed by atoms with Crippen LogP contribution in [0.25, 0.3) is 0 Å². The molecular formula is C14H20N2O2. The zero-order valence-corrected chi connectivity index (χ0v) is 10.7. The molecule has 1 aliphatic rings. The van der Waals surface area contributed by atoms with Crippen molar-refractivity contribution in [3.8, 4) is 0 Å². The van der Waals surface area contributed by atoms with Crippen LogP contribution in [0, 0.1) is 5.92 Å². The fraction of sp³-hybridized carbons (Fsp3) is 0.500. The van der Waals surface area contributed by atoms with Crippen molar-refractivity contribution in [3.05, 3.63) is 35.9 Å². The molecule has 0 radical (unpaired) electrons. The lowest BCUT2D eigenvalue weighted by Crippen LogP contribution is -2.51. The van der Waals surface area contributed by atoms with E-state index >= 15 is 0 Å². The summed E-state index contributed by atoms with van der Waals surface area (Å²) < 4.78 is 0. The fourth-order valence-corrected chi connectivity index (χ4v) is 2.50. The molecule has 4 heteroatoms. The molecule has 98 valence electrons. The van der Waals surface area contributed by atoms with Crippen LogP contribution in [0.15, 0.2) is 30.3 Å². The maximum Gasteiger partial charge on any atom is 0.407 e. The second-order valence-corrected chi connectivity index (χ2v) is 4.93. The van der Waals surface area contributed by atoms with E-state index in [4.69, 9.17) is 0 Å². The molecule has 1 heterocycles. The van der Waals surface area contributed by atoms with Gasteiger partial charge in [0.15, 0.2) is 0 Å². The summed E-state index contributed by atoms with van der Waals surface area (Å²) in [6, 6.07) is 9.83. The first-order valence-electron chi connectivity index (χ1n) is 6.42. The Morgan fingerprint density at radius 2 is 2.17 bits per heavy atom. The number of carbonyl (C=O) groups is 1. The highest BCUT2D eigenvalue weighted by molar-refractivity contribution is 5.65. The van der Waals surface area contributed by atoms with Crippen LogP contribution in [-0.4, -0.2) is 35.2 Å². The Hall–Kier alpha value is -1.55. The summed E-state index contributed by atoms with van der Waals surface area (Å²) in [5.41, 5.74) is 1.04. The lowest BCUT2D eigenvalue weighted by atomic mass is 9.93. The van der Waals surface area contributed by atoms with Crippen LogP contribution in [0.3, 0.4) is 0 Å².